The van der Waals surface area contributed by atoms with E-state index in [-0.39, 0.29) is 5.96 Å². The Balaban J connectivity index is 3.32. The van der Waals surface area contributed by atoms with Crippen molar-refractivity contribution >= 4 is 5.96 Å². The Hall–Kier alpha value is -0.770. The minimum atomic E-state index is -0.0770. The highest BCUT2D eigenvalue weighted by Crippen LogP contribution is 1.79. The smallest absolute Gasteiger partial charge is 0.212 e. The van der Waals surface area contributed by atoms with E-state index < -0.39 is 0 Å². The van der Waals surface area contributed by atoms with Crippen molar-refractivity contribution in [2.24, 2.45) is 5.73 Å². The van der Waals surface area contributed by atoms with Crippen molar-refractivity contribution in [1.29, 1.82) is 5.41 Å². The number of hydroxylamine groups is 2. The second-order valence-corrected chi connectivity index (χ2v) is 1.30. The Morgan fingerprint density at radius 3 is 2.50 bits per heavy atom. The lowest BCUT2D eigenvalue weighted by Crippen LogP contribution is -2.32. The standard InChI is InChI=1S/C4H11N3O/c1-3-8-7(2)4(5)6/h3H2,1-2H3,(H3,5,6). The topological polar surface area (TPSA) is 62.3 Å². The molecule has 4 heteroatoms. The maximum absolute atomic E-state index is 6.78. The highest BCUT2D eigenvalue weighted by atomic mass is 16.7. The molecule has 0 fully saturated rings. The van der Waals surface area contributed by atoms with Crippen LogP contribution in [0.5, 0.6) is 0 Å². The first-order chi connectivity index (χ1) is 3.68. The quantitative estimate of drug-likeness (QED) is 0.298. The van der Waals surface area contributed by atoms with Crippen LogP contribution in [0.25, 0.3) is 0 Å². The number of nitrogens with two attached hydrogens (primary N) is 1. The monoisotopic (exact) mass is 117 g/mol. The van der Waals surface area contributed by atoms with Gasteiger partial charge in [-0.25, -0.2) is 5.06 Å². The van der Waals surface area contributed by atoms with Crippen LogP contribution in [0.4, 0.5) is 0 Å². The second kappa shape index (κ2) is 3.26. The van der Waals surface area contributed by atoms with Crippen molar-refractivity contribution in [3.05, 3.63) is 0 Å². The molecule has 0 aromatic rings. The predicted octanol–water partition coefficient (Wildman–Crippen LogP) is -0.237. The average molecular weight is 117 g/mol. The van der Waals surface area contributed by atoms with E-state index in [1.54, 1.807) is 7.05 Å². The second-order valence-electron chi connectivity index (χ2n) is 1.30. The van der Waals surface area contributed by atoms with Crippen LogP contribution < -0.4 is 5.73 Å². The van der Waals surface area contributed by atoms with Gasteiger partial charge in [0.15, 0.2) is 0 Å². The third kappa shape index (κ3) is 2.41. The molecule has 0 radical (unpaired) electrons. The Morgan fingerprint density at radius 2 is 2.38 bits per heavy atom. The van der Waals surface area contributed by atoms with Gasteiger partial charge >= 0.3 is 0 Å². The summed E-state index contributed by atoms with van der Waals surface area (Å²) in [5.41, 5.74) is 5.01. The molecule has 48 valence electrons. The van der Waals surface area contributed by atoms with Gasteiger partial charge in [-0.2, -0.15) is 0 Å². The van der Waals surface area contributed by atoms with Gasteiger partial charge < -0.3 is 5.73 Å². The lowest BCUT2D eigenvalue weighted by Gasteiger charge is -2.13. The Kier molecular flexibility index (Phi) is 2.95. The first-order valence-electron chi connectivity index (χ1n) is 2.39. The van der Waals surface area contributed by atoms with E-state index in [9.17, 15) is 0 Å². The zero-order valence-corrected chi connectivity index (χ0v) is 5.14. The van der Waals surface area contributed by atoms with Crippen molar-refractivity contribution in [1.82, 2.24) is 5.06 Å². The molecular weight excluding hydrogens is 106 g/mol. The first-order valence-corrected chi connectivity index (χ1v) is 2.39. The zero-order chi connectivity index (χ0) is 6.57. The zero-order valence-electron chi connectivity index (χ0n) is 5.14. The molecule has 0 atom stereocenters. The summed E-state index contributed by atoms with van der Waals surface area (Å²) >= 11 is 0. The van der Waals surface area contributed by atoms with Gasteiger partial charge in [-0.1, -0.05) is 0 Å². The number of hydrogen-bond donors (Lipinski definition) is 2. The maximum atomic E-state index is 6.78. The van der Waals surface area contributed by atoms with Gasteiger partial charge in [-0.05, 0) is 6.92 Å². The molecule has 0 heterocycles. The van der Waals surface area contributed by atoms with Crippen molar-refractivity contribution in [3.63, 3.8) is 0 Å². The molecule has 8 heavy (non-hydrogen) atoms. The average Bonchev–Trinajstić information content (AvgIpc) is 1.67. The molecule has 0 saturated heterocycles. The molecule has 0 rings (SSSR count). The molecule has 0 unspecified atom stereocenters. The number of nitrogens with zero attached hydrogens (tertiary/aromatic N) is 1. The van der Waals surface area contributed by atoms with E-state index in [0.717, 1.165) is 0 Å². The fourth-order valence-corrected chi connectivity index (χ4v) is 0.263. The molecule has 0 aromatic heterocycles. The first kappa shape index (κ1) is 7.23. The Morgan fingerprint density at radius 1 is 1.88 bits per heavy atom. The molecule has 0 aliphatic carbocycles. The summed E-state index contributed by atoms with van der Waals surface area (Å²) in [5.74, 6) is -0.0770. The van der Waals surface area contributed by atoms with E-state index >= 15 is 0 Å². The van der Waals surface area contributed by atoms with Crippen LogP contribution >= 0.6 is 0 Å². The molecular formula is C4H11N3O. The summed E-state index contributed by atoms with van der Waals surface area (Å²) in [6.07, 6.45) is 0. The van der Waals surface area contributed by atoms with Crippen LogP contribution in [-0.2, 0) is 4.84 Å². The number of rotatable bonds is 2. The normalized spacial score (nSPS) is 8.75. The lowest BCUT2D eigenvalue weighted by molar-refractivity contribution is -0.0745. The van der Waals surface area contributed by atoms with E-state index in [1.165, 1.54) is 5.06 Å². The highest BCUT2D eigenvalue weighted by molar-refractivity contribution is 5.72. The third-order valence-corrected chi connectivity index (χ3v) is 0.662. The fourth-order valence-electron chi connectivity index (χ4n) is 0.263. The van der Waals surface area contributed by atoms with E-state index in [4.69, 9.17) is 16.0 Å². The lowest BCUT2D eigenvalue weighted by atomic mass is 10.9. The van der Waals surface area contributed by atoms with Crippen LogP contribution in [0.1, 0.15) is 6.92 Å². The Labute approximate surface area is 48.7 Å². The highest BCUT2D eigenvalue weighted by Gasteiger charge is 1.94. The van der Waals surface area contributed by atoms with E-state index in [1.807, 2.05) is 6.92 Å². The molecule has 0 amide bonds. The molecule has 0 bridgehead atoms. The largest absolute Gasteiger partial charge is 0.368 e. The van der Waals surface area contributed by atoms with Crippen LogP contribution in [0.15, 0.2) is 0 Å². The summed E-state index contributed by atoms with van der Waals surface area (Å²) in [6.45, 7) is 2.37. The summed E-state index contributed by atoms with van der Waals surface area (Å²) in [7, 11) is 1.59. The summed E-state index contributed by atoms with van der Waals surface area (Å²) in [6, 6.07) is 0. The molecule has 4 nitrogen and oxygen atoms in total. The number of nitrogens with one attached hydrogen (secondary N) is 1. The Bertz CT molecular complexity index is 83.4. The molecule has 0 aliphatic rings. The fraction of sp³-hybridized carbons (Fsp3) is 0.750. The van der Waals surface area contributed by atoms with E-state index in [2.05, 4.69) is 0 Å². The predicted molar refractivity (Wildman–Crippen MR) is 31.3 cm³/mol. The van der Waals surface area contributed by atoms with Gasteiger partial charge in [-0.15, -0.1) is 0 Å². The summed E-state index contributed by atoms with van der Waals surface area (Å²) < 4.78 is 0. The minimum Gasteiger partial charge on any atom is -0.368 e. The third-order valence-electron chi connectivity index (χ3n) is 0.662. The van der Waals surface area contributed by atoms with Gasteiger partial charge in [0.05, 0.1) is 6.61 Å². The number of guanidine groups is 1. The maximum Gasteiger partial charge on any atom is 0.212 e. The van der Waals surface area contributed by atoms with Crippen molar-refractivity contribution in [2.45, 2.75) is 6.92 Å². The van der Waals surface area contributed by atoms with Crippen molar-refractivity contribution < 1.29 is 4.84 Å². The van der Waals surface area contributed by atoms with Crippen LogP contribution in [0.2, 0.25) is 0 Å². The van der Waals surface area contributed by atoms with Gasteiger partial charge in [0.25, 0.3) is 0 Å². The van der Waals surface area contributed by atoms with E-state index in [0.29, 0.717) is 6.61 Å². The summed E-state index contributed by atoms with van der Waals surface area (Å²) in [4.78, 5) is 4.79. The molecule has 3 N–H and O–H groups in total. The van der Waals surface area contributed by atoms with Gasteiger partial charge in [-0.3, -0.25) is 10.2 Å². The minimum absolute atomic E-state index is 0.0770. The SMILES string of the molecule is CCON(C)C(=N)N. The van der Waals surface area contributed by atoms with Gasteiger partial charge in [0.2, 0.25) is 5.96 Å². The van der Waals surface area contributed by atoms with Crippen molar-refractivity contribution in [3.8, 4) is 0 Å². The van der Waals surface area contributed by atoms with Crippen LogP contribution in [-0.4, -0.2) is 24.7 Å². The van der Waals surface area contributed by atoms with Gasteiger partial charge in [0.1, 0.15) is 0 Å². The van der Waals surface area contributed by atoms with Gasteiger partial charge in [0, 0.05) is 7.05 Å². The number of hydrogen-bond acceptors (Lipinski definition) is 2. The molecule has 0 spiro atoms. The molecule has 0 saturated carbocycles. The molecule has 0 aromatic carbocycles. The van der Waals surface area contributed by atoms with Crippen LogP contribution in [0, 0.1) is 5.41 Å². The van der Waals surface area contributed by atoms with Crippen LogP contribution in [0.3, 0.4) is 0 Å². The summed E-state index contributed by atoms with van der Waals surface area (Å²) in [5, 5.41) is 7.99. The molecule has 0 aliphatic heterocycles. The van der Waals surface area contributed by atoms with Crippen molar-refractivity contribution in [2.75, 3.05) is 13.7 Å².